The normalized spacial score (nSPS) is 11.6. The molecular formula is C20H24N2O4. The molecule has 0 bridgehead atoms. The molecule has 0 fully saturated rings. The highest BCUT2D eigenvalue weighted by Crippen LogP contribution is 2.19. The Labute approximate surface area is 153 Å². The quantitative estimate of drug-likeness (QED) is 0.798. The molecule has 0 radical (unpaired) electrons. The van der Waals surface area contributed by atoms with E-state index in [4.69, 9.17) is 9.47 Å². The molecule has 0 heterocycles. The van der Waals surface area contributed by atoms with Gasteiger partial charge in [0.25, 0.3) is 11.8 Å². The second kappa shape index (κ2) is 8.89. The van der Waals surface area contributed by atoms with E-state index in [2.05, 4.69) is 10.6 Å². The number of benzene rings is 2. The summed E-state index contributed by atoms with van der Waals surface area (Å²) >= 11 is 0. The molecule has 2 amide bonds. The molecule has 138 valence electrons. The highest BCUT2D eigenvalue weighted by molar-refractivity contribution is 5.98. The Morgan fingerprint density at radius 2 is 1.62 bits per heavy atom. The molecular weight excluding hydrogens is 332 g/mol. The van der Waals surface area contributed by atoms with Crippen LogP contribution in [0.2, 0.25) is 0 Å². The molecule has 0 saturated heterocycles. The largest absolute Gasteiger partial charge is 0.497 e. The smallest absolute Gasteiger partial charge is 0.265 e. The fourth-order valence-electron chi connectivity index (χ4n) is 2.24. The van der Waals surface area contributed by atoms with E-state index in [1.807, 2.05) is 13.8 Å². The fourth-order valence-corrected chi connectivity index (χ4v) is 2.24. The Balaban J connectivity index is 1.98. The van der Waals surface area contributed by atoms with Gasteiger partial charge in [0.05, 0.1) is 7.11 Å². The van der Waals surface area contributed by atoms with E-state index in [9.17, 15) is 9.59 Å². The van der Waals surface area contributed by atoms with Gasteiger partial charge in [-0.3, -0.25) is 9.59 Å². The Hall–Kier alpha value is -3.02. The standard InChI is InChI=1S/C20H24N2O4/c1-13(2)21-20(24)15-6-5-7-16(12-15)22-19(23)14(3)26-18-10-8-17(25-4)9-11-18/h5-14H,1-4H3,(H,21,24)(H,22,23). The van der Waals surface area contributed by atoms with E-state index in [0.29, 0.717) is 22.7 Å². The van der Waals surface area contributed by atoms with Crippen molar-refractivity contribution in [3.05, 3.63) is 54.1 Å². The maximum Gasteiger partial charge on any atom is 0.265 e. The van der Waals surface area contributed by atoms with Gasteiger partial charge in [-0.15, -0.1) is 0 Å². The molecule has 0 aliphatic heterocycles. The van der Waals surface area contributed by atoms with E-state index in [-0.39, 0.29) is 17.9 Å². The summed E-state index contributed by atoms with van der Waals surface area (Å²) in [6.45, 7) is 5.44. The maximum absolute atomic E-state index is 12.3. The number of ether oxygens (including phenoxy) is 2. The van der Waals surface area contributed by atoms with Gasteiger partial charge in [0.2, 0.25) is 0 Å². The summed E-state index contributed by atoms with van der Waals surface area (Å²) < 4.78 is 10.7. The van der Waals surface area contributed by atoms with Crippen LogP contribution in [0, 0.1) is 0 Å². The highest BCUT2D eigenvalue weighted by Gasteiger charge is 2.16. The fraction of sp³-hybridized carbons (Fsp3) is 0.300. The first kappa shape index (κ1) is 19.3. The number of amides is 2. The van der Waals surface area contributed by atoms with Gasteiger partial charge >= 0.3 is 0 Å². The molecule has 2 rings (SSSR count). The third-order valence-corrected chi connectivity index (χ3v) is 3.55. The van der Waals surface area contributed by atoms with Gasteiger partial charge in [-0.2, -0.15) is 0 Å². The first-order chi connectivity index (χ1) is 12.4. The van der Waals surface area contributed by atoms with Crippen LogP contribution in [0.15, 0.2) is 48.5 Å². The van der Waals surface area contributed by atoms with Crippen LogP contribution in [0.5, 0.6) is 11.5 Å². The van der Waals surface area contributed by atoms with E-state index in [0.717, 1.165) is 0 Å². The summed E-state index contributed by atoms with van der Waals surface area (Å²) in [5.74, 6) is 0.797. The molecule has 1 unspecified atom stereocenters. The molecule has 6 heteroatoms. The van der Waals surface area contributed by atoms with Crippen LogP contribution < -0.4 is 20.1 Å². The molecule has 2 aromatic carbocycles. The topological polar surface area (TPSA) is 76.7 Å². The van der Waals surface area contributed by atoms with Crippen LogP contribution in [-0.2, 0) is 4.79 Å². The van der Waals surface area contributed by atoms with Crippen molar-refractivity contribution in [1.29, 1.82) is 0 Å². The van der Waals surface area contributed by atoms with Crippen molar-refractivity contribution in [3.8, 4) is 11.5 Å². The lowest BCUT2D eigenvalue weighted by Gasteiger charge is -2.15. The van der Waals surface area contributed by atoms with E-state index < -0.39 is 6.10 Å². The van der Waals surface area contributed by atoms with Crippen molar-refractivity contribution in [2.45, 2.75) is 32.9 Å². The monoisotopic (exact) mass is 356 g/mol. The number of anilines is 1. The van der Waals surface area contributed by atoms with Crippen molar-refractivity contribution in [2.75, 3.05) is 12.4 Å². The van der Waals surface area contributed by atoms with Gasteiger partial charge in [0.15, 0.2) is 6.10 Å². The molecule has 2 N–H and O–H groups in total. The van der Waals surface area contributed by atoms with E-state index >= 15 is 0 Å². The zero-order chi connectivity index (χ0) is 19.1. The Morgan fingerprint density at radius 1 is 0.962 bits per heavy atom. The van der Waals surface area contributed by atoms with Crippen LogP contribution >= 0.6 is 0 Å². The van der Waals surface area contributed by atoms with Crippen LogP contribution in [0.4, 0.5) is 5.69 Å². The van der Waals surface area contributed by atoms with Gasteiger partial charge in [0.1, 0.15) is 11.5 Å². The summed E-state index contributed by atoms with van der Waals surface area (Å²) in [5, 5.41) is 5.58. The minimum absolute atomic E-state index is 0.0404. The average Bonchev–Trinajstić information content (AvgIpc) is 2.62. The molecule has 26 heavy (non-hydrogen) atoms. The summed E-state index contributed by atoms with van der Waals surface area (Å²) in [4.78, 5) is 24.4. The molecule has 6 nitrogen and oxygen atoms in total. The predicted octanol–water partition coefficient (Wildman–Crippen LogP) is 3.24. The summed E-state index contributed by atoms with van der Waals surface area (Å²) in [7, 11) is 1.58. The van der Waals surface area contributed by atoms with Crippen LogP contribution in [0.3, 0.4) is 0 Å². The first-order valence-electron chi connectivity index (χ1n) is 8.41. The number of rotatable bonds is 7. The molecule has 0 saturated carbocycles. The molecule has 0 aromatic heterocycles. The zero-order valence-electron chi connectivity index (χ0n) is 15.4. The van der Waals surface area contributed by atoms with Crippen molar-refractivity contribution >= 4 is 17.5 Å². The third kappa shape index (κ3) is 5.51. The van der Waals surface area contributed by atoms with Crippen molar-refractivity contribution in [3.63, 3.8) is 0 Å². The summed E-state index contributed by atoms with van der Waals surface area (Å²) in [6.07, 6.45) is -0.698. The number of hydrogen-bond acceptors (Lipinski definition) is 4. The zero-order valence-corrected chi connectivity index (χ0v) is 15.4. The predicted molar refractivity (Wildman–Crippen MR) is 101 cm³/mol. The number of carbonyl (C=O) groups is 2. The van der Waals surface area contributed by atoms with Crippen molar-refractivity contribution < 1.29 is 19.1 Å². The second-order valence-electron chi connectivity index (χ2n) is 6.13. The number of hydrogen-bond donors (Lipinski definition) is 2. The molecule has 2 aromatic rings. The summed E-state index contributed by atoms with van der Waals surface area (Å²) in [6, 6.07) is 13.8. The number of nitrogens with one attached hydrogen (secondary N) is 2. The molecule has 1 atom stereocenters. The minimum Gasteiger partial charge on any atom is -0.497 e. The third-order valence-electron chi connectivity index (χ3n) is 3.55. The Bertz CT molecular complexity index is 757. The SMILES string of the molecule is COc1ccc(OC(C)C(=O)Nc2cccc(C(=O)NC(C)C)c2)cc1. The van der Waals surface area contributed by atoms with Gasteiger partial charge in [-0.05, 0) is 63.2 Å². The summed E-state index contributed by atoms with van der Waals surface area (Å²) in [5.41, 5.74) is 1.02. The maximum atomic E-state index is 12.3. The van der Waals surface area contributed by atoms with Crippen molar-refractivity contribution in [2.24, 2.45) is 0 Å². The molecule has 0 aliphatic carbocycles. The lowest BCUT2D eigenvalue weighted by atomic mass is 10.1. The second-order valence-corrected chi connectivity index (χ2v) is 6.13. The Morgan fingerprint density at radius 3 is 2.23 bits per heavy atom. The Kier molecular flexibility index (Phi) is 6.60. The molecule has 0 spiro atoms. The highest BCUT2D eigenvalue weighted by atomic mass is 16.5. The van der Waals surface area contributed by atoms with Gasteiger partial charge in [0, 0.05) is 17.3 Å². The lowest BCUT2D eigenvalue weighted by Crippen LogP contribution is -2.31. The van der Waals surface area contributed by atoms with Crippen LogP contribution in [-0.4, -0.2) is 31.1 Å². The molecule has 0 aliphatic rings. The lowest BCUT2D eigenvalue weighted by molar-refractivity contribution is -0.122. The van der Waals surface area contributed by atoms with E-state index in [1.165, 1.54) is 0 Å². The van der Waals surface area contributed by atoms with E-state index in [1.54, 1.807) is 62.6 Å². The first-order valence-corrected chi connectivity index (χ1v) is 8.41. The average molecular weight is 356 g/mol. The van der Waals surface area contributed by atoms with Crippen molar-refractivity contribution in [1.82, 2.24) is 5.32 Å². The van der Waals surface area contributed by atoms with Gasteiger partial charge in [-0.25, -0.2) is 0 Å². The number of carbonyl (C=O) groups excluding carboxylic acids is 2. The minimum atomic E-state index is -0.698. The van der Waals surface area contributed by atoms with Gasteiger partial charge < -0.3 is 20.1 Å². The van der Waals surface area contributed by atoms with Crippen LogP contribution in [0.25, 0.3) is 0 Å². The van der Waals surface area contributed by atoms with Gasteiger partial charge in [-0.1, -0.05) is 6.07 Å². The van der Waals surface area contributed by atoms with Crippen LogP contribution in [0.1, 0.15) is 31.1 Å². The number of methoxy groups -OCH3 is 1.